The first-order valence-electron chi connectivity index (χ1n) is 13.7. The second-order valence-corrected chi connectivity index (χ2v) is 14.0. The Bertz CT molecular complexity index is 791. The van der Waals surface area contributed by atoms with E-state index in [4.69, 9.17) is 0 Å². The van der Waals surface area contributed by atoms with Crippen LogP contribution in [0, 0.1) is 45.3 Å². The summed E-state index contributed by atoms with van der Waals surface area (Å²) in [6.07, 6.45) is 11.1. The molecule has 0 bridgehead atoms. The molecule has 0 aliphatic heterocycles. The number of allylic oxidation sites excluding steroid dienone is 2. The molecule has 0 aromatic heterocycles. The Kier molecular flexibility index (Phi) is 6.09. The van der Waals surface area contributed by atoms with Crippen LogP contribution in [0.15, 0.2) is 11.1 Å². The molecule has 7 atom stereocenters. The van der Waals surface area contributed by atoms with Crippen LogP contribution < -0.4 is 0 Å². The van der Waals surface area contributed by atoms with Crippen LogP contribution in [0.2, 0.25) is 0 Å². The topological polar surface area (TPSA) is 37.3 Å². The highest BCUT2D eigenvalue weighted by molar-refractivity contribution is 5.99. The predicted octanol–water partition coefficient (Wildman–Crippen LogP) is 7.74. The third-order valence-electron chi connectivity index (χ3n) is 11.7. The number of hydrogen-bond donors (Lipinski definition) is 1. The minimum absolute atomic E-state index is 0.0306. The second-order valence-electron chi connectivity index (χ2n) is 14.0. The van der Waals surface area contributed by atoms with Crippen molar-refractivity contribution in [3.8, 4) is 0 Å². The fraction of sp³-hybridized carbons (Fsp3) is 0.900. The summed E-state index contributed by atoms with van der Waals surface area (Å²) in [4.78, 5) is 13.9. The molecule has 1 N–H and O–H groups in total. The Morgan fingerprint density at radius 3 is 2.31 bits per heavy atom. The third kappa shape index (κ3) is 3.32. The average Bonchev–Trinajstić information content (AvgIpc) is 2.98. The van der Waals surface area contributed by atoms with E-state index in [0.717, 1.165) is 37.0 Å². The Hall–Kier alpha value is -0.630. The molecule has 4 aliphatic carbocycles. The Morgan fingerprint density at radius 2 is 1.66 bits per heavy atom. The second kappa shape index (κ2) is 7.96. The van der Waals surface area contributed by atoms with Crippen LogP contribution in [0.4, 0.5) is 0 Å². The lowest BCUT2D eigenvalue weighted by molar-refractivity contribution is -0.134. The highest BCUT2D eigenvalue weighted by Gasteiger charge is 2.65. The van der Waals surface area contributed by atoms with Gasteiger partial charge in [-0.15, -0.1) is 0 Å². The fourth-order valence-electron chi connectivity index (χ4n) is 9.35. The van der Waals surface area contributed by atoms with Crippen LogP contribution in [0.5, 0.6) is 0 Å². The summed E-state index contributed by atoms with van der Waals surface area (Å²) >= 11 is 0. The van der Waals surface area contributed by atoms with E-state index in [0.29, 0.717) is 12.2 Å². The van der Waals surface area contributed by atoms with Gasteiger partial charge in [-0.05, 0) is 78.4 Å². The van der Waals surface area contributed by atoms with Crippen LogP contribution in [0.1, 0.15) is 120 Å². The van der Waals surface area contributed by atoms with Crippen LogP contribution in [-0.2, 0) is 4.79 Å². The first-order valence-corrected chi connectivity index (χ1v) is 13.7. The van der Waals surface area contributed by atoms with Gasteiger partial charge in [-0.3, -0.25) is 4.79 Å². The van der Waals surface area contributed by atoms with Crippen molar-refractivity contribution in [3.05, 3.63) is 11.1 Å². The molecule has 4 rings (SSSR count). The molecule has 4 aliphatic rings. The monoisotopic (exact) mass is 442 g/mol. The molecule has 0 amide bonds. The van der Waals surface area contributed by atoms with Gasteiger partial charge in [0.1, 0.15) is 0 Å². The lowest BCUT2D eigenvalue weighted by Crippen LogP contribution is -2.57. The fourth-order valence-corrected chi connectivity index (χ4v) is 9.35. The molecule has 0 unspecified atom stereocenters. The molecule has 32 heavy (non-hydrogen) atoms. The van der Waals surface area contributed by atoms with Crippen LogP contribution in [-0.4, -0.2) is 17.0 Å². The standard InChI is InChI=1S/C30H50O2/c1-19(2)10-9-11-20(3)21-12-17-30(8)26-22(13-16-29(21,30)7)28(6)15-14-25(32)27(4,5)24(28)18-23(26)31/h19-21,24-25,32H,9-18H2,1-8H3/t20-,21-,24+,25-,28-,29+,30+/m0/s1. The van der Waals surface area contributed by atoms with Gasteiger partial charge in [0, 0.05) is 17.4 Å². The van der Waals surface area contributed by atoms with Gasteiger partial charge in [-0.2, -0.15) is 0 Å². The van der Waals surface area contributed by atoms with Crippen molar-refractivity contribution >= 4 is 5.78 Å². The van der Waals surface area contributed by atoms with Gasteiger partial charge in [0.25, 0.3) is 0 Å². The molecule has 0 radical (unpaired) electrons. The van der Waals surface area contributed by atoms with Crippen LogP contribution in [0.3, 0.4) is 0 Å². The van der Waals surface area contributed by atoms with E-state index in [-0.39, 0.29) is 33.7 Å². The number of Topliss-reactive ketones (excluding diaryl/α,β-unsaturated/α-hetero) is 1. The molecule has 182 valence electrons. The molecule has 2 heteroatoms. The highest BCUT2D eigenvalue weighted by atomic mass is 16.3. The normalized spacial score (nSPS) is 44.3. The van der Waals surface area contributed by atoms with Gasteiger partial charge in [0.15, 0.2) is 5.78 Å². The van der Waals surface area contributed by atoms with Crippen molar-refractivity contribution in [1.29, 1.82) is 0 Å². The van der Waals surface area contributed by atoms with E-state index in [1.165, 1.54) is 49.7 Å². The zero-order valence-electron chi connectivity index (χ0n) is 22.3. The number of carbonyl (C=O) groups is 1. The zero-order chi connectivity index (χ0) is 23.7. The predicted molar refractivity (Wildman–Crippen MR) is 133 cm³/mol. The van der Waals surface area contributed by atoms with E-state index >= 15 is 0 Å². The van der Waals surface area contributed by atoms with Gasteiger partial charge in [0.05, 0.1) is 6.10 Å². The number of carbonyl (C=O) groups excluding carboxylic acids is 1. The molecule has 2 fully saturated rings. The van der Waals surface area contributed by atoms with E-state index in [1.54, 1.807) is 0 Å². The van der Waals surface area contributed by atoms with Crippen molar-refractivity contribution in [2.75, 3.05) is 0 Å². The van der Waals surface area contributed by atoms with E-state index in [9.17, 15) is 9.90 Å². The Morgan fingerprint density at radius 1 is 0.969 bits per heavy atom. The maximum atomic E-state index is 13.9. The quantitative estimate of drug-likeness (QED) is 0.473. The Balaban J connectivity index is 1.68. The minimum atomic E-state index is -0.289. The van der Waals surface area contributed by atoms with Gasteiger partial charge < -0.3 is 5.11 Å². The van der Waals surface area contributed by atoms with E-state index in [2.05, 4.69) is 55.4 Å². The summed E-state index contributed by atoms with van der Waals surface area (Å²) in [5.41, 5.74) is 2.93. The van der Waals surface area contributed by atoms with Crippen molar-refractivity contribution in [2.24, 2.45) is 45.3 Å². The van der Waals surface area contributed by atoms with Crippen molar-refractivity contribution in [2.45, 2.75) is 126 Å². The number of aliphatic hydroxyl groups is 1. The minimum Gasteiger partial charge on any atom is -0.393 e. The highest BCUT2D eigenvalue weighted by Crippen LogP contribution is 2.71. The number of fused-ring (bicyclic) bond motifs is 4. The summed E-state index contributed by atoms with van der Waals surface area (Å²) in [6.45, 7) is 19.0. The number of rotatable bonds is 5. The summed E-state index contributed by atoms with van der Waals surface area (Å²) in [7, 11) is 0. The summed E-state index contributed by atoms with van der Waals surface area (Å²) in [6, 6.07) is 0. The summed E-state index contributed by atoms with van der Waals surface area (Å²) < 4.78 is 0. The Labute approximate surface area is 198 Å². The molecule has 0 aromatic rings. The van der Waals surface area contributed by atoms with Gasteiger partial charge in [-0.1, -0.05) is 80.2 Å². The smallest absolute Gasteiger partial charge is 0.159 e. The lowest BCUT2D eigenvalue weighted by atomic mass is 9.43. The molecular formula is C30H50O2. The molecule has 0 saturated heterocycles. The third-order valence-corrected chi connectivity index (χ3v) is 11.7. The van der Waals surface area contributed by atoms with Gasteiger partial charge >= 0.3 is 0 Å². The van der Waals surface area contributed by atoms with Crippen molar-refractivity contribution < 1.29 is 9.90 Å². The van der Waals surface area contributed by atoms with Crippen LogP contribution in [0.25, 0.3) is 0 Å². The number of ketones is 1. The van der Waals surface area contributed by atoms with Gasteiger partial charge in [-0.25, -0.2) is 0 Å². The maximum absolute atomic E-state index is 13.9. The first-order chi connectivity index (χ1) is 14.8. The lowest BCUT2D eigenvalue weighted by Gasteiger charge is -2.61. The molecular weight excluding hydrogens is 392 g/mol. The molecule has 0 spiro atoms. The van der Waals surface area contributed by atoms with Crippen LogP contribution >= 0.6 is 0 Å². The van der Waals surface area contributed by atoms with Gasteiger partial charge in [0.2, 0.25) is 0 Å². The molecule has 2 saturated carbocycles. The maximum Gasteiger partial charge on any atom is 0.159 e. The van der Waals surface area contributed by atoms with Crippen molar-refractivity contribution in [1.82, 2.24) is 0 Å². The zero-order valence-corrected chi connectivity index (χ0v) is 22.3. The van der Waals surface area contributed by atoms with E-state index in [1.807, 2.05) is 0 Å². The molecule has 2 nitrogen and oxygen atoms in total. The number of hydrogen-bond acceptors (Lipinski definition) is 2. The average molecular weight is 443 g/mol. The van der Waals surface area contributed by atoms with E-state index < -0.39 is 0 Å². The SMILES string of the molecule is CC(C)CCC[C@H](C)[C@@H]1CC[C@]2(C)C3=C(CC[C@]12C)[C@]1(C)CC[C@H](O)C(C)(C)[C@H]1CC3=O. The number of aliphatic hydroxyl groups excluding tert-OH is 1. The summed E-state index contributed by atoms with van der Waals surface area (Å²) in [5.74, 6) is 2.96. The summed E-state index contributed by atoms with van der Waals surface area (Å²) in [5, 5.41) is 10.8. The van der Waals surface area contributed by atoms with Crippen molar-refractivity contribution in [3.63, 3.8) is 0 Å². The first kappa shape index (κ1) is 24.5. The largest absolute Gasteiger partial charge is 0.393 e. The molecule has 0 heterocycles. The molecule has 0 aromatic carbocycles.